The van der Waals surface area contributed by atoms with Crippen LogP contribution in [-0.4, -0.2) is 56.0 Å². The maximum Gasteiger partial charge on any atom is 0.341 e. The molecular weight excluding hydrogens is 662 g/mol. The van der Waals surface area contributed by atoms with E-state index in [0.29, 0.717) is 40.4 Å². The number of carboxylic acids is 1. The fourth-order valence-electron chi connectivity index (χ4n) is 5.22. The van der Waals surface area contributed by atoms with E-state index in [1.54, 1.807) is 48.7 Å². The third kappa shape index (κ3) is 8.39. The number of anilines is 3. The van der Waals surface area contributed by atoms with Gasteiger partial charge in [0, 0.05) is 35.2 Å². The number of pyridine rings is 2. The van der Waals surface area contributed by atoms with Crippen LogP contribution in [-0.2, 0) is 21.9 Å². The van der Waals surface area contributed by atoms with Crippen molar-refractivity contribution in [3.05, 3.63) is 102 Å². The predicted octanol–water partition coefficient (Wildman–Crippen LogP) is 7.04. The van der Waals surface area contributed by atoms with Gasteiger partial charge in [-0.15, -0.1) is 0 Å². The normalized spacial score (nSPS) is 11.5. The van der Waals surface area contributed by atoms with Crippen molar-refractivity contribution in [1.82, 2.24) is 9.97 Å². The molecule has 0 aliphatic carbocycles. The molecule has 0 aliphatic heterocycles. The lowest BCUT2D eigenvalue weighted by atomic mass is 9.86. The Kier molecular flexibility index (Phi) is 10.1. The van der Waals surface area contributed by atoms with E-state index in [0.717, 1.165) is 17.2 Å². The Morgan fingerprint density at radius 3 is 2.20 bits per heavy atom. The van der Waals surface area contributed by atoms with E-state index in [1.165, 1.54) is 20.3 Å². The van der Waals surface area contributed by atoms with Crippen molar-refractivity contribution in [2.24, 2.45) is 0 Å². The molecule has 0 saturated heterocycles. The molecule has 0 atom stereocenters. The molecule has 0 aliphatic rings. The summed E-state index contributed by atoms with van der Waals surface area (Å²) in [5.41, 5.74) is 2.58. The van der Waals surface area contributed by atoms with Crippen molar-refractivity contribution in [3.8, 4) is 23.1 Å². The Morgan fingerprint density at radius 1 is 0.840 bits per heavy atom. The van der Waals surface area contributed by atoms with Crippen LogP contribution in [0.1, 0.15) is 48.1 Å². The van der Waals surface area contributed by atoms with Gasteiger partial charge >= 0.3 is 12.0 Å². The number of nitrogens with zero attached hydrogens (tertiary/aromatic N) is 2. The number of carboxylic acid groups (broad SMARTS) is 1. The Morgan fingerprint density at radius 2 is 1.54 bits per heavy atom. The van der Waals surface area contributed by atoms with E-state index in [1.807, 2.05) is 45.0 Å². The highest BCUT2D eigenvalue weighted by molar-refractivity contribution is 7.92. The molecule has 0 bridgehead atoms. The van der Waals surface area contributed by atoms with E-state index in [-0.39, 0.29) is 34.0 Å². The molecule has 0 fully saturated rings. The van der Waals surface area contributed by atoms with E-state index >= 15 is 0 Å². The molecule has 13 nitrogen and oxygen atoms in total. The second-order valence-electron chi connectivity index (χ2n) is 12.4. The number of urea groups is 1. The van der Waals surface area contributed by atoms with Crippen molar-refractivity contribution in [2.75, 3.05) is 35.8 Å². The first-order valence-corrected chi connectivity index (χ1v) is 17.2. The topological polar surface area (TPSA) is 178 Å². The minimum absolute atomic E-state index is 0.0162. The molecular formula is C36H37N5O8S. The molecule has 4 N–H and O–H groups in total. The van der Waals surface area contributed by atoms with Crippen LogP contribution < -0.4 is 29.6 Å². The van der Waals surface area contributed by atoms with Crippen LogP contribution >= 0.6 is 0 Å². The van der Waals surface area contributed by atoms with Gasteiger partial charge in [0.1, 0.15) is 17.1 Å². The van der Waals surface area contributed by atoms with Crippen molar-refractivity contribution < 1.29 is 37.3 Å². The summed E-state index contributed by atoms with van der Waals surface area (Å²) in [5.74, 6) is 0.0914. The number of hydrogen-bond donors (Lipinski definition) is 4. The van der Waals surface area contributed by atoms with E-state index in [9.17, 15) is 23.1 Å². The number of carbonyl (C=O) groups excluding carboxylic acids is 1. The minimum Gasteiger partial charge on any atom is -0.492 e. The molecule has 2 amide bonds. The second-order valence-corrected chi connectivity index (χ2v) is 14.1. The van der Waals surface area contributed by atoms with E-state index < -0.39 is 22.0 Å². The molecule has 0 radical (unpaired) electrons. The van der Waals surface area contributed by atoms with Gasteiger partial charge in [-0.3, -0.25) is 9.71 Å². The first-order chi connectivity index (χ1) is 23.6. The van der Waals surface area contributed by atoms with Gasteiger partial charge in [-0.1, -0.05) is 45.0 Å². The average Bonchev–Trinajstić information content (AvgIpc) is 3.04. The van der Waals surface area contributed by atoms with Crippen LogP contribution in [0.4, 0.5) is 21.9 Å². The van der Waals surface area contributed by atoms with Crippen LogP contribution in [0, 0.1) is 0 Å². The molecule has 260 valence electrons. The molecule has 5 rings (SSSR count). The number of amides is 2. The fourth-order valence-corrected chi connectivity index (χ4v) is 5.77. The second kappa shape index (κ2) is 14.3. The maximum atomic E-state index is 13.4. The lowest BCUT2D eigenvalue weighted by molar-refractivity contribution is 0.0692. The quantitative estimate of drug-likeness (QED) is 0.112. The number of ether oxygens (including phenoxy) is 3. The van der Waals surface area contributed by atoms with Crippen molar-refractivity contribution in [2.45, 2.75) is 32.6 Å². The molecule has 2 heterocycles. The number of hydrogen-bond acceptors (Lipinski definition) is 9. The summed E-state index contributed by atoms with van der Waals surface area (Å²) in [6, 6.07) is 20.3. The Hall–Kier alpha value is -5.89. The number of rotatable bonds is 11. The maximum absolute atomic E-state index is 13.4. The summed E-state index contributed by atoms with van der Waals surface area (Å²) >= 11 is 0. The molecule has 14 heteroatoms. The first kappa shape index (κ1) is 35.4. The SMILES string of the molecule is COc1nc(Cc2cc(Oc3ccc(NC(=O)Nc4cc(C(C)(C)C)cc(NS(C)(=O)=O)c4OC)c4ccccc34)ccn2)ccc1C(=O)O. The molecule has 50 heavy (non-hydrogen) atoms. The van der Waals surface area contributed by atoms with Gasteiger partial charge in [-0.25, -0.2) is 23.0 Å². The van der Waals surface area contributed by atoms with Gasteiger partial charge in [0.15, 0.2) is 5.75 Å². The molecule has 2 aromatic heterocycles. The van der Waals surface area contributed by atoms with Crippen LogP contribution in [0.2, 0.25) is 0 Å². The van der Waals surface area contributed by atoms with Crippen molar-refractivity contribution in [3.63, 3.8) is 0 Å². The summed E-state index contributed by atoms with van der Waals surface area (Å²) in [7, 11) is -0.880. The summed E-state index contributed by atoms with van der Waals surface area (Å²) < 4.78 is 43.7. The standard InChI is InChI=1S/C36H37N5O8S/c1-36(2,3)21-17-29(32(47-4)30(18-21)41-50(6,45)46)40-35(44)39-28-13-14-31(26-10-8-7-9-25(26)28)49-24-15-16-37-23(20-24)19-22-11-12-27(34(42)43)33(38-22)48-5/h7-18,20,41H,19H2,1-6H3,(H,42,43)(H2,39,40,44). The lowest BCUT2D eigenvalue weighted by Crippen LogP contribution is -2.22. The van der Waals surface area contributed by atoms with Gasteiger partial charge in [0.25, 0.3) is 0 Å². The molecule has 5 aromatic rings. The fraction of sp³-hybridized carbons (Fsp3) is 0.222. The predicted molar refractivity (Wildman–Crippen MR) is 192 cm³/mol. The van der Waals surface area contributed by atoms with Crippen LogP contribution in [0.25, 0.3) is 10.8 Å². The highest BCUT2D eigenvalue weighted by Gasteiger charge is 2.23. The summed E-state index contributed by atoms with van der Waals surface area (Å²) in [6.45, 7) is 5.92. The Balaban J connectivity index is 1.39. The van der Waals surface area contributed by atoms with E-state index in [2.05, 4.69) is 25.3 Å². The summed E-state index contributed by atoms with van der Waals surface area (Å²) in [6.07, 6.45) is 2.96. The smallest absolute Gasteiger partial charge is 0.341 e. The van der Waals surface area contributed by atoms with Gasteiger partial charge in [-0.05, 0) is 53.4 Å². The Labute approximate surface area is 289 Å². The van der Waals surface area contributed by atoms with Gasteiger partial charge in [-0.2, -0.15) is 0 Å². The zero-order valence-corrected chi connectivity index (χ0v) is 29.1. The average molecular weight is 700 g/mol. The van der Waals surface area contributed by atoms with E-state index in [4.69, 9.17) is 14.2 Å². The lowest BCUT2D eigenvalue weighted by Gasteiger charge is -2.24. The number of fused-ring (bicyclic) bond motifs is 1. The number of aromatic nitrogens is 2. The summed E-state index contributed by atoms with van der Waals surface area (Å²) in [4.78, 5) is 33.6. The van der Waals surface area contributed by atoms with Crippen LogP contribution in [0.15, 0.2) is 79.0 Å². The summed E-state index contributed by atoms with van der Waals surface area (Å²) in [5, 5.41) is 16.5. The van der Waals surface area contributed by atoms with Gasteiger partial charge in [0.2, 0.25) is 15.9 Å². The molecule has 0 spiro atoms. The van der Waals surface area contributed by atoms with Crippen molar-refractivity contribution >= 4 is 49.9 Å². The van der Waals surface area contributed by atoms with Crippen molar-refractivity contribution in [1.29, 1.82) is 0 Å². The molecule has 0 unspecified atom stereocenters. The third-order valence-electron chi connectivity index (χ3n) is 7.55. The first-order valence-electron chi connectivity index (χ1n) is 15.3. The van der Waals surface area contributed by atoms with Crippen LogP contribution in [0.5, 0.6) is 23.1 Å². The number of nitrogens with one attached hydrogen (secondary N) is 3. The largest absolute Gasteiger partial charge is 0.492 e. The third-order valence-corrected chi connectivity index (χ3v) is 8.15. The highest BCUT2D eigenvalue weighted by Crippen LogP contribution is 2.40. The number of methoxy groups -OCH3 is 2. The number of carbonyl (C=O) groups is 2. The number of benzene rings is 3. The number of sulfonamides is 1. The highest BCUT2D eigenvalue weighted by atomic mass is 32.2. The van der Waals surface area contributed by atoms with Gasteiger partial charge in [0.05, 0.1) is 43.2 Å². The zero-order chi connectivity index (χ0) is 36.2. The monoisotopic (exact) mass is 699 g/mol. The minimum atomic E-state index is -3.64. The zero-order valence-electron chi connectivity index (χ0n) is 28.3. The Bertz CT molecular complexity index is 2200. The van der Waals surface area contributed by atoms with Crippen LogP contribution in [0.3, 0.4) is 0 Å². The number of aromatic carboxylic acids is 1. The molecule has 3 aromatic carbocycles. The van der Waals surface area contributed by atoms with Gasteiger partial charge < -0.3 is 30.0 Å². The molecule has 0 saturated carbocycles.